The van der Waals surface area contributed by atoms with Crippen LogP contribution >= 0.6 is 28.3 Å². The van der Waals surface area contributed by atoms with Crippen LogP contribution in [0.4, 0.5) is 0 Å². The van der Waals surface area contributed by atoms with Crippen molar-refractivity contribution in [3.63, 3.8) is 0 Å². The molecular weight excluding hydrogens is 501 g/mol. The van der Waals surface area contributed by atoms with Crippen molar-refractivity contribution in [3.8, 4) is 0 Å². The molecule has 0 saturated heterocycles. The molecule has 0 aliphatic heterocycles. The van der Waals surface area contributed by atoms with Gasteiger partial charge in [0.2, 0.25) is 0 Å². The number of pyridine rings is 2. The Labute approximate surface area is 198 Å². The molecule has 158 valence electrons. The van der Waals surface area contributed by atoms with Crippen LogP contribution in [-0.2, 0) is 15.0 Å². The van der Waals surface area contributed by atoms with E-state index >= 15 is 0 Å². The van der Waals surface area contributed by atoms with Crippen LogP contribution in [0, 0.1) is 6.92 Å². The molecule has 4 rings (SSSR count). The van der Waals surface area contributed by atoms with E-state index in [1.165, 1.54) is 10.0 Å². The van der Waals surface area contributed by atoms with Crippen LogP contribution in [0.15, 0.2) is 65.6 Å². The van der Waals surface area contributed by atoms with Crippen LogP contribution in [0.2, 0.25) is 0 Å². The number of benzene rings is 2. The van der Waals surface area contributed by atoms with E-state index in [-0.39, 0.29) is 18.6 Å². The first kappa shape index (κ1) is 24.5. The molecular formula is C24H25BrClFeN3. The fraction of sp³-hybridized carbons (Fsp3) is 0.167. The molecule has 0 amide bonds. The minimum absolute atomic E-state index is 0. The fourth-order valence-electron chi connectivity index (χ4n) is 3.12. The van der Waals surface area contributed by atoms with E-state index in [1.807, 2.05) is 0 Å². The SMILES string of the molecule is C=[C]([Fe][c]1c(C)cccc1Br)c1ccc2ccc3ccc(C(C)C)nc3c2n1.Cl.N. The molecule has 2 heterocycles. The van der Waals surface area contributed by atoms with Crippen molar-refractivity contribution in [2.24, 2.45) is 0 Å². The molecule has 0 aliphatic carbocycles. The minimum atomic E-state index is 0. The molecule has 3 N–H and O–H groups in total. The summed E-state index contributed by atoms with van der Waals surface area (Å²) in [6.45, 7) is 10.8. The molecule has 0 bridgehead atoms. The van der Waals surface area contributed by atoms with E-state index in [9.17, 15) is 0 Å². The zero-order chi connectivity index (χ0) is 19.8. The van der Waals surface area contributed by atoms with Crippen molar-refractivity contribution in [1.29, 1.82) is 0 Å². The first-order chi connectivity index (χ1) is 13.4. The number of nitrogens with zero attached hydrogens (tertiary/aromatic N) is 2. The van der Waals surface area contributed by atoms with E-state index in [0.717, 1.165) is 57.1 Å². The van der Waals surface area contributed by atoms with Crippen LogP contribution in [0.3, 0.4) is 0 Å². The summed E-state index contributed by atoms with van der Waals surface area (Å²) in [6, 6.07) is 18.9. The normalized spacial score (nSPS) is 10.8. The van der Waals surface area contributed by atoms with Gasteiger partial charge in [-0.25, -0.2) is 0 Å². The van der Waals surface area contributed by atoms with Gasteiger partial charge in [-0.1, -0.05) is 0 Å². The van der Waals surface area contributed by atoms with Crippen molar-refractivity contribution in [1.82, 2.24) is 16.1 Å². The van der Waals surface area contributed by atoms with Gasteiger partial charge in [0.25, 0.3) is 0 Å². The standard InChI is InChI=1S/C17H15N2.C7H6Br.ClH.Fe.H3N/c1-4-14-9-7-12-5-6-13-8-10-15(11(2)3)19-17(13)16(12)18-14;1-6-3-2-4-7(8)5-6;;;/h5-11H,1H2,2-3H3;2-4H,1H3;1H;;1H3. The van der Waals surface area contributed by atoms with Crippen LogP contribution in [0.25, 0.3) is 26.3 Å². The van der Waals surface area contributed by atoms with Gasteiger partial charge in [0, 0.05) is 0 Å². The Morgan fingerprint density at radius 3 is 2.17 bits per heavy atom. The number of halogens is 2. The predicted molar refractivity (Wildman–Crippen MR) is 131 cm³/mol. The molecule has 6 heteroatoms. The number of hydrogen-bond donors (Lipinski definition) is 1. The zero-order valence-electron chi connectivity index (χ0n) is 17.2. The summed E-state index contributed by atoms with van der Waals surface area (Å²) in [5.41, 5.74) is 5.18. The monoisotopic (exact) mass is 525 g/mol. The van der Waals surface area contributed by atoms with Gasteiger partial charge in [-0.2, -0.15) is 0 Å². The molecule has 2 aromatic carbocycles. The van der Waals surface area contributed by atoms with E-state index in [1.54, 1.807) is 0 Å². The second-order valence-corrected chi connectivity index (χ2v) is 9.48. The maximum atomic E-state index is 4.98. The molecule has 0 spiro atoms. The van der Waals surface area contributed by atoms with Gasteiger partial charge < -0.3 is 6.15 Å². The summed E-state index contributed by atoms with van der Waals surface area (Å²) < 4.78 is 3.38. The fourth-order valence-corrected chi connectivity index (χ4v) is 5.04. The summed E-state index contributed by atoms with van der Waals surface area (Å²) in [7, 11) is 0. The van der Waals surface area contributed by atoms with E-state index in [2.05, 4.69) is 97.9 Å². The molecule has 0 aliphatic rings. The van der Waals surface area contributed by atoms with Gasteiger partial charge in [-0.3, -0.25) is 0 Å². The van der Waals surface area contributed by atoms with Gasteiger partial charge in [-0.05, 0) is 0 Å². The largest absolute Gasteiger partial charge is 0.344 e. The molecule has 30 heavy (non-hydrogen) atoms. The topological polar surface area (TPSA) is 60.8 Å². The van der Waals surface area contributed by atoms with Gasteiger partial charge >= 0.3 is 181 Å². The van der Waals surface area contributed by atoms with Crippen LogP contribution in [0.5, 0.6) is 0 Å². The van der Waals surface area contributed by atoms with Gasteiger partial charge in [0.1, 0.15) is 0 Å². The average molecular weight is 527 g/mol. The van der Waals surface area contributed by atoms with Crippen molar-refractivity contribution >= 4 is 59.1 Å². The molecule has 2 aromatic heterocycles. The van der Waals surface area contributed by atoms with Crippen molar-refractivity contribution in [3.05, 3.63) is 82.6 Å². The summed E-state index contributed by atoms with van der Waals surface area (Å²) in [6.07, 6.45) is 0. The Bertz CT molecular complexity index is 1200. The molecule has 0 atom stereocenters. The third-order valence-electron chi connectivity index (χ3n) is 4.73. The van der Waals surface area contributed by atoms with Gasteiger partial charge in [0.15, 0.2) is 0 Å². The maximum Gasteiger partial charge on any atom is -0.147 e. The van der Waals surface area contributed by atoms with E-state index in [0.29, 0.717) is 5.92 Å². The minimum Gasteiger partial charge on any atom is -0.344 e. The Morgan fingerprint density at radius 1 is 0.933 bits per heavy atom. The molecule has 4 aromatic rings. The molecule has 0 saturated carbocycles. The smallest absolute Gasteiger partial charge is 0.147 e. The van der Waals surface area contributed by atoms with Crippen molar-refractivity contribution in [2.75, 3.05) is 0 Å². The quantitative estimate of drug-likeness (QED) is 0.231. The number of aryl methyl sites for hydroxylation is 1. The summed E-state index contributed by atoms with van der Waals surface area (Å²) >= 11 is 4.44. The first-order valence-electron chi connectivity index (χ1n) is 9.21. The molecule has 0 unspecified atom stereocenters. The average Bonchev–Trinajstić information content (AvgIpc) is 2.69. The maximum absolute atomic E-state index is 4.98. The Balaban J connectivity index is 0.00000160. The van der Waals surface area contributed by atoms with Crippen LogP contribution in [0.1, 0.15) is 36.7 Å². The summed E-state index contributed by atoms with van der Waals surface area (Å²) in [5, 5.41) is 2.23. The zero-order valence-corrected chi connectivity index (χ0v) is 20.7. The Morgan fingerprint density at radius 2 is 1.53 bits per heavy atom. The summed E-state index contributed by atoms with van der Waals surface area (Å²) in [5.74, 6) is 0.385. The number of fused-ring (bicyclic) bond motifs is 3. The van der Waals surface area contributed by atoms with Crippen molar-refractivity contribution in [2.45, 2.75) is 26.7 Å². The molecule has 3 nitrogen and oxygen atoms in total. The predicted octanol–water partition coefficient (Wildman–Crippen LogP) is 6.94. The third kappa shape index (κ3) is 4.77. The molecule has 0 radical (unpaired) electrons. The second kappa shape index (κ2) is 10.0. The Hall–Kier alpha value is -1.75. The van der Waals surface area contributed by atoms with Gasteiger partial charge in [0.05, 0.1) is 0 Å². The van der Waals surface area contributed by atoms with E-state index in [4.69, 9.17) is 9.97 Å². The second-order valence-electron chi connectivity index (χ2n) is 7.13. The molecule has 0 fully saturated rings. The van der Waals surface area contributed by atoms with Crippen molar-refractivity contribution < 1.29 is 15.0 Å². The van der Waals surface area contributed by atoms with Crippen LogP contribution < -0.4 is 10.6 Å². The van der Waals surface area contributed by atoms with E-state index < -0.39 is 0 Å². The first-order valence-corrected chi connectivity index (χ1v) is 11.1. The third-order valence-corrected chi connectivity index (χ3v) is 7.36. The summed E-state index contributed by atoms with van der Waals surface area (Å²) in [4.78, 5) is 9.90. The number of aromatic nitrogens is 2. The van der Waals surface area contributed by atoms with Gasteiger partial charge in [-0.15, -0.1) is 12.4 Å². The Kier molecular flexibility index (Phi) is 8.20. The number of hydrogen-bond acceptors (Lipinski definition) is 3. The van der Waals surface area contributed by atoms with Crippen LogP contribution in [-0.4, -0.2) is 9.97 Å². The number of rotatable bonds is 4.